The lowest BCUT2D eigenvalue weighted by molar-refractivity contribution is -0.123. The molecule has 0 aliphatic heterocycles. The lowest BCUT2D eigenvalue weighted by Crippen LogP contribution is -2.44. The minimum absolute atomic E-state index is 0.0414. The van der Waals surface area contributed by atoms with Gasteiger partial charge in [-0.3, -0.25) is 9.78 Å². The Morgan fingerprint density at radius 3 is 2.38 bits per heavy atom. The summed E-state index contributed by atoms with van der Waals surface area (Å²) in [6.45, 7) is 5.79. The third-order valence-corrected chi connectivity index (χ3v) is 2.59. The van der Waals surface area contributed by atoms with Gasteiger partial charge in [-0.15, -0.1) is 0 Å². The van der Waals surface area contributed by atoms with Crippen LogP contribution in [0, 0.1) is 5.92 Å². The summed E-state index contributed by atoms with van der Waals surface area (Å²) >= 11 is 0. The largest absolute Gasteiger partial charge is 0.348 e. The van der Waals surface area contributed by atoms with Crippen molar-refractivity contribution >= 4 is 5.91 Å². The van der Waals surface area contributed by atoms with E-state index in [0.717, 1.165) is 5.56 Å². The highest BCUT2D eigenvalue weighted by atomic mass is 16.2. The van der Waals surface area contributed by atoms with Gasteiger partial charge < -0.3 is 11.1 Å². The SMILES string of the molecule is CC(C)[C@@H](N)C(=O)N[C@H](C)c1ccncc1. The molecule has 16 heavy (non-hydrogen) atoms. The Balaban J connectivity index is 2.58. The predicted molar refractivity (Wildman–Crippen MR) is 63.6 cm³/mol. The first-order valence-corrected chi connectivity index (χ1v) is 5.48. The van der Waals surface area contributed by atoms with Crippen molar-refractivity contribution in [3.63, 3.8) is 0 Å². The number of hydrogen-bond donors (Lipinski definition) is 2. The van der Waals surface area contributed by atoms with E-state index >= 15 is 0 Å². The molecule has 1 aromatic rings. The van der Waals surface area contributed by atoms with E-state index in [-0.39, 0.29) is 17.9 Å². The number of rotatable bonds is 4. The predicted octanol–water partition coefficient (Wildman–Crippen LogP) is 1.24. The van der Waals surface area contributed by atoms with Gasteiger partial charge in [0.2, 0.25) is 5.91 Å². The fourth-order valence-electron chi connectivity index (χ4n) is 1.35. The fraction of sp³-hybridized carbons (Fsp3) is 0.500. The summed E-state index contributed by atoms with van der Waals surface area (Å²) in [5.41, 5.74) is 6.79. The second kappa shape index (κ2) is 5.61. The van der Waals surface area contributed by atoms with Crippen LogP contribution in [0.4, 0.5) is 0 Å². The van der Waals surface area contributed by atoms with Gasteiger partial charge in [0.1, 0.15) is 0 Å². The van der Waals surface area contributed by atoms with Crippen LogP contribution in [0.1, 0.15) is 32.4 Å². The number of aromatic nitrogens is 1. The molecule has 0 saturated carbocycles. The number of amides is 1. The molecule has 88 valence electrons. The molecule has 0 aromatic carbocycles. The van der Waals surface area contributed by atoms with Crippen molar-refractivity contribution < 1.29 is 4.79 Å². The summed E-state index contributed by atoms with van der Waals surface area (Å²) < 4.78 is 0. The van der Waals surface area contributed by atoms with Crippen molar-refractivity contribution in [1.29, 1.82) is 0 Å². The summed E-state index contributed by atoms with van der Waals surface area (Å²) in [5.74, 6) is 0.0314. The molecule has 1 rings (SSSR count). The molecular formula is C12H19N3O. The number of carbonyl (C=O) groups is 1. The molecule has 0 spiro atoms. The fourth-order valence-corrected chi connectivity index (χ4v) is 1.35. The van der Waals surface area contributed by atoms with Gasteiger partial charge in [0.05, 0.1) is 12.1 Å². The van der Waals surface area contributed by atoms with Gasteiger partial charge in [0.15, 0.2) is 0 Å². The zero-order chi connectivity index (χ0) is 12.1. The van der Waals surface area contributed by atoms with Gasteiger partial charge in [-0.05, 0) is 30.5 Å². The Labute approximate surface area is 96.3 Å². The van der Waals surface area contributed by atoms with Crippen molar-refractivity contribution in [2.45, 2.75) is 32.9 Å². The van der Waals surface area contributed by atoms with Gasteiger partial charge in [0.25, 0.3) is 0 Å². The highest BCUT2D eigenvalue weighted by Crippen LogP contribution is 2.10. The molecule has 0 aliphatic rings. The number of nitrogens with two attached hydrogens (primary N) is 1. The average Bonchev–Trinajstić information content (AvgIpc) is 2.28. The van der Waals surface area contributed by atoms with Crippen LogP contribution in [0.5, 0.6) is 0 Å². The zero-order valence-electron chi connectivity index (χ0n) is 9.97. The molecular weight excluding hydrogens is 202 g/mol. The van der Waals surface area contributed by atoms with Crippen LogP contribution in [0.2, 0.25) is 0 Å². The van der Waals surface area contributed by atoms with E-state index in [4.69, 9.17) is 5.73 Å². The Kier molecular flexibility index (Phi) is 4.43. The highest BCUT2D eigenvalue weighted by molar-refractivity contribution is 5.82. The highest BCUT2D eigenvalue weighted by Gasteiger charge is 2.19. The zero-order valence-corrected chi connectivity index (χ0v) is 9.97. The van der Waals surface area contributed by atoms with E-state index in [9.17, 15) is 4.79 Å². The molecule has 3 N–H and O–H groups in total. The van der Waals surface area contributed by atoms with Gasteiger partial charge >= 0.3 is 0 Å². The number of pyridine rings is 1. The molecule has 0 unspecified atom stereocenters. The maximum atomic E-state index is 11.7. The minimum atomic E-state index is -0.454. The maximum Gasteiger partial charge on any atom is 0.237 e. The van der Waals surface area contributed by atoms with Gasteiger partial charge in [-0.1, -0.05) is 13.8 Å². The Morgan fingerprint density at radius 2 is 1.88 bits per heavy atom. The van der Waals surface area contributed by atoms with E-state index in [1.54, 1.807) is 12.4 Å². The first kappa shape index (κ1) is 12.6. The van der Waals surface area contributed by atoms with Crippen molar-refractivity contribution in [2.75, 3.05) is 0 Å². The molecule has 1 aromatic heterocycles. The van der Waals surface area contributed by atoms with Crippen molar-refractivity contribution in [3.05, 3.63) is 30.1 Å². The van der Waals surface area contributed by atoms with Crippen molar-refractivity contribution in [2.24, 2.45) is 11.7 Å². The minimum Gasteiger partial charge on any atom is -0.348 e. The first-order valence-electron chi connectivity index (χ1n) is 5.48. The molecule has 0 saturated heterocycles. The standard InChI is InChI=1S/C12H19N3O/c1-8(2)11(13)12(16)15-9(3)10-4-6-14-7-5-10/h4-9,11H,13H2,1-3H3,(H,15,16)/t9-,11-/m1/s1. The molecule has 1 heterocycles. The average molecular weight is 221 g/mol. The van der Waals surface area contributed by atoms with E-state index in [2.05, 4.69) is 10.3 Å². The third kappa shape index (κ3) is 3.31. The molecule has 0 aliphatic carbocycles. The van der Waals surface area contributed by atoms with E-state index in [1.165, 1.54) is 0 Å². The summed E-state index contributed by atoms with van der Waals surface area (Å²) in [4.78, 5) is 15.6. The van der Waals surface area contributed by atoms with Crippen LogP contribution in [0.3, 0.4) is 0 Å². The van der Waals surface area contributed by atoms with Crippen LogP contribution >= 0.6 is 0 Å². The second-order valence-corrected chi connectivity index (χ2v) is 4.28. The van der Waals surface area contributed by atoms with Gasteiger partial charge in [-0.25, -0.2) is 0 Å². The monoisotopic (exact) mass is 221 g/mol. The quantitative estimate of drug-likeness (QED) is 0.803. The van der Waals surface area contributed by atoms with Crippen molar-refractivity contribution in [3.8, 4) is 0 Å². The summed E-state index contributed by atoms with van der Waals surface area (Å²) in [7, 11) is 0. The van der Waals surface area contributed by atoms with Crippen LogP contribution in [-0.2, 0) is 4.79 Å². The number of hydrogen-bond acceptors (Lipinski definition) is 3. The van der Waals surface area contributed by atoms with Crippen LogP contribution in [-0.4, -0.2) is 16.9 Å². The normalized spacial score (nSPS) is 14.6. The Bertz CT molecular complexity index is 337. The summed E-state index contributed by atoms with van der Waals surface area (Å²) in [6, 6.07) is 3.27. The maximum absolute atomic E-state index is 11.7. The lowest BCUT2D eigenvalue weighted by Gasteiger charge is -2.19. The topological polar surface area (TPSA) is 68.0 Å². The van der Waals surface area contributed by atoms with Crippen LogP contribution in [0.25, 0.3) is 0 Å². The van der Waals surface area contributed by atoms with E-state index in [1.807, 2.05) is 32.9 Å². The molecule has 4 nitrogen and oxygen atoms in total. The lowest BCUT2D eigenvalue weighted by atomic mass is 10.0. The summed E-state index contributed by atoms with van der Waals surface area (Å²) in [6.07, 6.45) is 3.42. The van der Waals surface area contributed by atoms with Crippen molar-refractivity contribution in [1.82, 2.24) is 10.3 Å². The molecule has 2 atom stereocenters. The third-order valence-electron chi connectivity index (χ3n) is 2.59. The molecule has 0 bridgehead atoms. The first-order chi connectivity index (χ1) is 7.52. The van der Waals surface area contributed by atoms with Crippen LogP contribution < -0.4 is 11.1 Å². The molecule has 0 fully saturated rings. The Hall–Kier alpha value is -1.42. The molecule has 0 radical (unpaired) electrons. The summed E-state index contributed by atoms with van der Waals surface area (Å²) in [5, 5.41) is 2.89. The smallest absolute Gasteiger partial charge is 0.237 e. The molecule has 1 amide bonds. The number of nitrogens with zero attached hydrogens (tertiary/aromatic N) is 1. The van der Waals surface area contributed by atoms with E-state index in [0.29, 0.717) is 0 Å². The second-order valence-electron chi connectivity index (χ2n) is 4.28. The van der Waals surface area contributed by atoms with Crippen LogP contribution in [0.15, 0.2) is 24.5 Å². The Morgan fingerprint density at radius 1 is 1.31 bits per heavy atom. The van der Waals surface area contributed by atoms with Gasteiger partial charge in [-0.2, -0.15) is 0 Å². The van der Waals surface area contributed by atoms with E-state index < -0.39 is 6.04 Å². The number of carbonyl (C=O) groups excluding carboxylic acids is 1. The molecule has 4 heteroatoms. The number of nitrogens with one attached hydrogen (secondary N) is 1. The van der Waals surface area contributed by atoms with Gasteiger partial charge in [0, 0.05) is 12.4 Å².